The first-order chi connectivity index (χ1) is 16.6. The molecule has 1 aliphatic heterocycles. The third-order valence-corrected chi connectivity index (χ3v) is 6.58. The fourth-order valence-corrected chi connectivity index (χ4v) is 4.79. The van der Waals surface area contributed by atoms with Crippen LogP contribution in [-0.2, 0) is 6.42 Å². The fraction of sp³-hybridized carbons (Fsp3) is 0.333. The van der Waals surface area contributed by atoms with Gasteiger partial charge in [-0.3, -0.25) is 0 Å². The van der Waals surface area contributed by atoms with Gasteiger partial charge in [-0.25, -0.2) is 4.98 Å². The van der Waals surface area contributed by atoms with E-state index >= 15 is 0 Å². The largest absolute Gasteiger partial charge is 0.497 e. The van der Waals surface area contributed by atoms with E-state index in [-0.39, 0.29) is 0 Å². The Kier molecular flexibility index (Phi) is 6.01. The summed E-state index contributed by atoms with van der Waals surface area (Å²) in [6, 6.07) is 18.5. The Balaban J connectivity index is 1.54. The van der Waals surface area contributed by atoms with Crippen LogP contribution in [0.3, 0.4) is 0 Å². The zero-order valence-corrected chi connectivity index (χ0v) is 20.3. The molecule has 5 rings (SSSR count). The van der Waals surface area contributed by atoms with Gasteiger partial charge < -0.3 is 19.3 Å². The highest BCUT2D eigenvalue weighted by Crippen LogP contribution is 2.32. The zero-order valence-electron chi connectivity index (χ0n) is 20.3. The fourth-order valence-electron chi connectivity index (χ4n) is 4.79. The molecular weight excluding hydrogens is 426 g/mol. The average Bonchev–Trinajstić information content (AvgIpc) is 3.31. The van der Waals surface area contributed by atoms with Gasteiger partial charge in [-0.1, -0.05) is 25.1 Å². The van der Waals surface area contributed by atoms with E-state index in [0.717, 1.165) is 72.5 Å². The lowest BCUT2D eigenvalue weighted by molar-refractivity contribution is 0.394. The summed E-state index contributed by atoms with van der Waals surface area (Å²) in [4.78, 5) is 9.81. The Labute approximate surface area is 200 Å². The molecule has 0 aliphatic carbocycles. The quantitative estimate of drug-likeness (QED) is 0.421. The van der Waals surface area contributed by atoms with Crippen molar-refractivity contribution in [2.45, 2.75) is 20.3 Å². The van der Waals surface area contributed by atoms with E-state index in [0.29, 0.717) is 0 Å². The number of nitrogens with zero attached hydrogens (tertiary/aromatic N) is 5. The first-order valence-electron chi connectivity index (χ1n) is 11.8. The third-order valence-electron chi connectivity index (χ3n) is 6.58. The molecule has 1 aliphatic rings. The molecule has 0 atom stereocenters. The second-order valence-corrected chi connectivity index (χ2v) is 8.56. The van der Waals surface area contributed by atoms with Gasteiger partial charge in [-0.05, 0) is 37.6 Å². The van der Waals surface area contributed by atoms with Crippen molar-refractivity contribution in [1.82, 2.24) is 14.6 Å². The molecule has 0 N–H and O–H groups in total. The predicted molar refractivity (Wildman–Crippen MR) is 137 cm³/mol. The van der Waals surface area contributed by atoms with Gasteiger partial charge in [0.05, 0.1) is 19.9 Å². The van der Waals surface area contributed by atoms with Crippen LogP contribution >= 0.6 is 0 Å². The van der Waals surface area contributed by atoms with Gasteiger partial charge in [0.15, 0.2) is 5.65 Å². The molecule has 0 spiro atoms. The maximum absolute atomic E-state index is 5.47. The maximum atomic E-state index is 5.47. The van der Waals surface area contributed by atoms with Crippen LogP contribution in [0.1, 0.15) is 18.2 Å². The molecule has 7 heteroatoms. The lowest BCUT2D eigenvalue weighted by atomic mass is 10.1. The summed E-state index contributed by atoms with van der Waals surface area (Å²) in [6.45, 7) is 8.10. The molecule has 176 valence electrons. The minimum absolute atomic E-state index is 0.738. The number of aryl methyl sites for hydroxylation is 1. The first-order valence-corrected chi connectivity index (χ1v) is 11.8. The van der Waals surface area contributed by atoms with Crippen LogP contribution < -0.4 is 19.3 Å². The van der Waals surface area contributed by atoms with Crippen LogP contribution in [0.4, 0.5) is 11.5 Å². The number of para-hydroxylation sites is 1. The first kappa shape index (κ1) is 22.1. The Morgan fingerprint density at radius 1 is 0.853 bits per heavy atom. The van der Waals surface area contributed by atoms with Crippen molar-refractivity contribution in [2.24, 2.45) is 0 Å². The average molecular weight is 458 g/mol. The second kappa shape index (κ2) is 9.25. The molecule has 34 heavy (non-hydrogen) atoms. The smallest absolute Gasteiger partial charge is 0.158 e. The van der Waals surface area contributed by atoms with Crippen LogP contribution in [0, 0.1) is 6.92 Å². The van der Waals surface area contributed by atoms with E-state index in [1.165, 1.54) is 11.3 Å². The number of benzene rings is 2. The van der Waals surface area contributed by atoms with Crippen LogP contribution in [0.25, 0.3) is 16.9 Å². The number of aromatic nitrogens is 3. The van der Waals surface area contributed by atoms with Crippen LogP contribution in [0.2, 0.25) is 0 Å². The van der Waals surface area contributed by atoms with Crippen molar-refractivity contribution in [3.63, 3.8) is 0 Å². The summed E-state index contributed by atoms with van der Waals surface area (Å²) >= 11 is 0. The number of hydrogen-bond donors (Lipinski definition) is 0. The van der Waals surface area contributed by atoms with Crippen molar-refractivity contribution in [1.29, 1.82) is 0 Å². The molecule has 2 aromatic carbocycles. The summed E-state index contributed by atoms with van der Waals surface area (Å²) in [5.74, 6) is 2.63. The number of rotatable bonds is 6. The number of anilines is 2. The van der Waals surface area contributed by atoms with Crippen molar-refractivity contribution >= 4 is 17.2 Å². The highest BCUT2D eigenvalue weighted by molar-refractivity contribution is 5.70. The van der Waals surface area contributed by atoms with Gasteiger partial charge in [0.25, 0.3) is 0 Å². The number of fused-ring (bicyclic) bond motifs is 1. The predicted octanol–water partition coefficient (Wildman–Crippen LogP) is 4.61. The Bertz CT molecular complexity index is 1270. The van der Waals surface area contributed by atoms with Crippen molar-refractivity contribution in [2.75, 3.05) is 50.2 Å². The molecule has 7 nitrogen and oxygen atoms in total. The van der Waals surface area contributed by atoms with Gasteiger partial charge >= 0.3 is 0 Å². The molecule has 0 amide bonds. The van der Waals surface area contributed by atoms with E-state index in [2.05, 4.69) is 54.0 Å². The highest BCUT2D eigenvalue weighted by Gasteiger charge is 2.24. The van der Waals surface area contributed by atoms with Crippen molar-refractivity contribution in [3.8, 4) is 22.8 Å². The van der Waals surface area contributed by atoms with Gasteiger partial charge in [-0.2, -0.15) is 9.61 Å². The Hall–Kier alpha value is -3.74. The van der Waals surface area contributed by atoms with E-state index in [1.807, 2.05) is 28.8 Å². The summed E-state index contributed by atoms with van der Waals surface area (Å²) in [5.41, 5.74) is 6.23. The monoisotopic (exact) mass is 457 g/mol. The normalized spacial score (nSPS) is 14.0. The van der Waals surface area contributed by atoms with Gasteiger partial charge in [0.1, 0.15) is 17.3 Å². The number of hydrogen-bond acceptors (Lipinski definition) is 6. The molecule has 0 unspecified atom stereocenters. The maximum Gasteiger partial charge on any atom is 0.158 e. The topological polar surface area (TPSA) is 55.1 Å². The molecule has 0 radical (unpaired) electrons. The van der Waals surface area contributed by atoms with E-state index in [1.54, 1.807) is 14.2 Å². The van der Waals surface area contributed by atoms with Crippen molar-refractivity contribution < 1.29 is 9.47 Å². The van der Waals surface area contributed by atoms with Crippen LogP contribution in [0.15, 0.2) is 54.6 Å². The van der Waals surface area contributed by atoms with E-state index < -0.39 is 0 Å². The molecule has 3 heterocycles. The highest BCUT2D eigenvalue weighted by atomic mass is 16.5. The molecule has 1 saturated heterocycles. The van der Waals surface area contributed by atoms with Crippen molar-refractivity contribution in [3.05, 3.63) is 65.9 Å². The van der Waals surface area contributed by atoms with Gasteiger partial charge in [0.2, 0.25) is 0 Å². The molecule has 0 saturated carbocycles. The molecule has 2 aromatic heterocycles. The SMILES string of the molecule is CCc1c(C)nc2cc(-c3cc(OC)cc(OC)c3)nn2c1N1CCN(c2ccccc2)CC1. The summed E-state index contributed by atoms with van der Waals surface area (Å²) in [5, 5.41) is 5.02. The minimum atomic E-state index is 0.738. The standard InChI is InChI=1S/C27H31N5O2/c1-5-24-19(2)28-26-18-25(20-15-22(33-3)17-23(16-20)34-4)29-32(26)27(24)31-13-11-30(12-14-31)21-9-7-6-8-10-21/h6-10,15-18H,5,11-14H2,1-4H3. The van der Waals surface area contributed by atoms with Crippen LogP contribution in [-0.4, -0.2) is 55.0 Å². The lowest BCUT2D eigenvalue weighted by Gasteiger charge is -2.38. The third kappa shape index (κ3) is 4.02. The molecular formula is C27H31N5O2. The number of methoxy groups -OCH3 is 2. The number of ether oxygens (including phenoxy) is 2. The lowest BCUT2D eigenvalue weighted by Crippen LogP contribution is -2.47. The van der Waals surface area contributed by atoms with E-state index in [9.17, 15) is 0 Å². The van der Waals surface area contributed by atoms with Crippen LogP contribution in [0.5, 0.6) is 11.5 Å². The van der Waals surface area contributed by atoms with E-state index in [4.69, 9.17) is 19.6 Å². The van der Waals surface area contributed by atoms with Gasteiger partial charge in [-0.15, -0.1) is 0 Å². The van der Waals surface area contributed by atoms with Gasteiger partial charge in [0, 0.05) is 60.8 Å². The minimum Gasteiger partial charge on any atom is -0.497 e. The second-order valence-electron chi connectivity index (χ2n) is 8.56. The number of piperazine rings is 1. The summed E-state index contributed by atoms with van der Waals surface area (Å²) < 4.78 is 13.0. The summed E-state index contributed by atoms with van der Waals surface area (Å²) in [6.07, 6.45) is 0.908. The molecule has 1 fully saturated rings. The summed E-state index contributed by atoms with van der Waals surface area (Å²) in [7, 11) is 3.32. The Morgan fingerprint density at radius 2 is 1.50 bits per heavy atom. The Morgan fingerprint density at radius 3 is 2.12 bits per heavy atom. The molecule has 4 aromatic rings. The zero-order chi connectivity index (χ0) is 23.7. The molecule has 0 bridgehead atoms.